The zero-order valence-corrected chi connectivity index (χ0v) is 16.7. The molecule has 0 atom stereocenters. The van der Waals surface area contributed by atoms with Crippen LogP contribution in [0.3, 0.4) is 0 Å². The van der Waals surface area contributed by atoms with E-state index in [2.05, 4.69) is 15.3 Å². The van der Waals surface area contributed by atoms with Gasteiger partial charge in [-0.3, -0.25) is 4.79 Å². The number of carbonyl (C=O) groups is 1. The lowest BCUT2D eigenvalue weighted by atomic mass is 10.0. The number of nitrogens with one attached hydrogen (secondary N) is 1. The first-order chi connectivity index (χ1) is 14.1. The second-order valence-electron chi connectivity index (χ2n) is 6.62. The van der Waals surface area contributed by atoms with Crippen LogP contribution in [0.5, 0.6) is 5.75 Å². The van der Waals surface area contributed by atoms with Gasteiger partial charge in [-0.15, -0.1) is 0 Å². The number of ketones is 1. The standard InChI is InChI=1S/C17H20F2N6O4S/c1-29-12-3-2-11(18)14(19)13(12)15(26)10-8-22-17(24-16(10)20)23-9-4-6-25(7-5-9)30(21,27)28/h2-3,8-9H,4-7H2,1H3,(H2,21,27,28)(H3,20,22,23,24). The molecule has 0 bridgehead atoms. The Kier molecular flexibility index (Phi) is 6.14. The van der Waals surface area contributed by atoms with Gasteiger partial charge < -0.3 is 15.8 Å². The Balaban J connectivity index is 1.77. The third kappa shape index (κ3) is 4.47. The van der Waals surface area contributed by atoms with E-state index in [0.29, 0.717) is 12.8 Å². The second kappa shape index (κ2) is 8.45. The van der Waals surface area contributed by atoms with Crippen LogP contribution in [0.4, 0.5) is 20.5 Å². The first-order valence-corrected chi connectivity index (χ1v) is 10.4. The molecule has 10 nitrogen and oxygen atoms in total. The van der Waals surface area contributed by atoms with E-state index in [-0.39, 0.29) is 42.2 Å². The van der Waals surface area contributed by atoms with Crippen molar-refractivity contribution in [3.63, 3.8) is 0 Å². The van der Waals surface area contributed by atoms with E-state index < -0.39 is 33.2 Å². The molecule has 1 fully saturated rings. The number of carbonyl (C=O) groups excluding carboxylic acids is 1. The number of aromatic nitrogens is 2. The molecule has 13 heteroatoms. The first kappa shape index (κ1) is 21.8. The van der Waals surface area contributed by atoms with Gasteiger partial charge in [-0.2, -0.15) is 17.7 Å². The molecule has 1 aromatic carbocycles. The smallest absolute Gasteiger partial charge is 0.276 e. The minimum Gasteiger partial charge on any atom is -0.496 e. The van der Waals surface area contributed by atoms with Gasteiger partial charge in [0.05, 0.1) is 12.7 Å². The third-order valence-electron chi connectivity index (χ3n) is 4.71. The monoisotopic (exact) mass is 442 g/mol. The van der Waals surface area contributed by atoms with Crippen molar-refractivity contribution in [3.05, 3.63) is 41.1 Å². The number of nitrogen functional groups attached to an aromatic ring is 1. The van der Waals surface area contributed by atoms with Gasteiger partial charge in [0.2, 0.25) is 11.7 Å². The molecule has 0 spiro atoms. The fourth-order valence-corrected chi connectivity index (χ4v) is 3.85. The van der Waals surface area contributed by atoms with E-state index in [4.69, 9.17) is 15.6 Å². The van der Waals surface area contributed by atoms with Crippen LogP contribution in [0, 0.1) is 11.6 Å². The maximum absolute atomic E-state index is 14.2. The highest BCUT2D eigenvalue weighted by molar-refractivity contribution is 7.86. The minimum atomic E-state index is -3.73. The van der Waals surface area contributed by atoms with Crippen molar-refractivity contribution in [2.24, 2.45) is 5.14 Å². The quantitative estimate of drug-likeness (QED) is 0.551. The molecule has 162 valence electrons. The van der Waals surface area contributed by atoms with Gasteiger partial charge >= 0.3 is 0 Å². The van der Waals surface area contributed by atoms with E-state index in [0.717, 1.165) is 18.3 Å². The molecule has 0 radical (unpaired) electrons. The van der Waals surface area contributed by atoms with Crippen molar-refractivity contribution < 1.29 is 26.7 Å². The molecule has 2 heterocycles. The van der Waals surface area contributed by atoms with Gasteiger partial charge in [0, 0.05) is 25.3 Å². The largest absolute Gasteiger partial charge is 0.496 e. The van der Waals surface area contributed by atoms with E-state index in [9.17, 15) is 22.0 Å². The third-order valence-corrected chi connectivity index (χ3v) is 5.80. The molecule has 0 saturated carbocycles. The van der Waals surface area contributed by atoms with Crippen molar-refractivity contribution in [2.45, 2.75) is 18.9 Å². The molecule has 1 saturated heterocycles. The fraction of sp³-hybridized carbons (Fsp3) is 0.353. The van der Waals surface area contributed by atoms with E-state index in [1.54, 1.807) is 0 Å². The van der Waals surface area contributed by atoms with Gasteiger partial charge in [-0.05, 0) is 25.0 Å². The van der Waals surface area contributed by atoms with Crippen LogP contribution < -0.4 is 20.9 Å². The normalized spacial score (nSPS) is 15.7. The molecular formula is C17H20F2N6O4S. The zero-order chi connectivity index (χ0) is 22.1. The van der Waals surface area contributed by atoms with Gasteiger partial charge in [0.15, 0.2) is 11.6 Å². The Labute approximate surface area is 171 Å². The Morgan fingerprint density at radius 1 is 1.30 bits per heavy atom. The molecule has 2 aromatic rings. The van der Waals surface area contributed by atoms with Crippen LogP contribution in [0.2, 0.25) is 0 Å². The van der Waals surface area contributed by atoms with Crippen LogP contribution in [0.1, 0.15) is 28.8 Å². The summed E-state index contributed by atoms with van der Waals surface area (Å²) < 4.78 is 56.6. The molecule has 3 rings (SSSR count). The highest BCUT2D eigenvalue weighted by Gasteiger charge is 2.27. The van der Waals surface area contributed by atoms with Crippen LogP contribution in [0.15, 0.2) is 18.3 Å². The molecular weight excluding hydrogens is 422 g/mol. The van der Waals surface area contributed by atoms with Crippen LogP contribution >= 0.6 is 0 Å². The molecule has 1 aromatic heterocycles. The summed E-state index contributed by atoms with van der Waals surface area (Å²) >= 11 is 0. The topological polar surface area (TPSA) is 154 Å². The Bertz CT molecular complexity index is 1070. The van der Waals surface area contributed by atoms with Crippen LogP contribution in [-0.2, 0) is 10.2 Å². The van der Waals surface area contributed by atoms with Crippen LogP contribution in [0.25, 0.3) is 0 Å². The van der Waals surface area contributed by atoms with E-state index in [1.165, 1.54) is 11.4 Å². The lowest BCUT2D eigenvalue weighted by Gasteiger charge is -2.30. The average Bonchev–Trinajstić information content (AvgIpc) is 2.69. The molecule has 0 aliphatic carbocycles. The maximum atomic E-state index is 14.2. The summed E-state index contributed by atoms with van der Waals surface area (Å²) in [6, 6.07) is 1.84. The van der Waals surface area contributed by atoms with E-state index in [1.807, 2.05) is 0 Å². The number of nitrogens with two attached hydrogens (primary N) is 2. The summed E-state index contributed by atoms with van der Waals surface area (Å²) in [5, 5.41) is 8.12. The summed E-state index contributed by atoms with van der Waals surface area (Å²) in [6.07, 6.45) is 2.04. The van der Waals surface area contributed by atoms with Gasteiger partial charge in [-0.1, -0.05) is 0 Å². The number of benzene rings is 1. The summed E-state index contributed by atoms with van der Waals surface area (Å²) in [5.41, 5.74) is 5.03. The second-order valence-corrected chi connectivity index (χ2v) is 8.17. The molecule has 30 heavy (non-hydrogen) atoms. The van der Waals surface area contributed by atoms with Crippen molar-refractivity contribution in [1.82, 2.24) is 14.3 Å². The molecule has 1 aliphatic rings. The molecule has 0 amide bonds. The van der Waals surface area contributed by atoms with Crippen molar-refractivity contribution in [2.75, 3.05) is 31.2 Å². The number of methoxy groups -OCH3 is 1. The number of anilines is 2. The zero-order valence-electron chi connectivity index (χ0n) is 15.9. The number of ether oxygens (including phenoxy) is 1. The van der Waals surface area contributed by atoms with Gasteiger partial charge in [-0.25, -0.2) is 18.9 Å². The predicted molar refractivity (Wildman–Crippen MR) is 104 cm³/mol. The van der Waals surface area contributed by atoms with Crippen molar-refractivity contribution in [1.29, 1.82) is 0 Å². The molecule has 0 unspecified atom stereocenters. The Hall–Kier alpha value is -2.90. The van der Waals surface area contributed by atoms with Crippen molar-refractivity contribution >= 4 is 27.8 Å². The Morgan fingerprint density at radius 2 is 1.97 bits per heavy atom. The van der Waals surface area contributed by atoms with Gasteiger partial charge in [0.1, 0.15) is 17.1 Å². The summed E-state index contributed by atoms with van der Waals surface area (Å²) in [7, 11) is -2.51. The van der Waals surface area contributed by atoms with E-state index >= 15 is 0 Å². The summed E-state index contributed by atoms with van der Waals surface area (Å²) in [4.78, 5) is 20.7. The lowest BCUT2D eigenvalue weighted by molar-refractivity contribution is 0.103. The van der Waals surface area contributed by atoms with Gasteiger partial charge in [0.25, 0.3) is 10.2 Å². The predicted octanol–water partition coefficient (Wildman–Crippen LogP) is 0.656. The fourth-order valence-electron chi connectivity index (χ4n) is 3.13. The number of halogens is 2. The van der Waals surface area contributed by atoms with Crippen molar-refractivity contribution in [3.8, 4) is 5.75 Å². The number of hydrogen-bond donors (Lipinski definition) is 3. The number of piperidine rings is 1. The molecule has 5 N–H and O–H groups in total. The van der Waals surface area contributed by atoms with Crippen LogP contribution in [-0.4, -0.2) is 54.7 Å². The number of rotatable bonds is 6. The first-order valence-electron chi connectivity index (χ1n) is 8.85. The summed E-state index contributed by atoms with van der Waals surface area (Å²) in [5.74, 6) is -3.75. The highest BCUT2D eigenvalue weighted by Crippen LogP contribution is 2.28. The SMILES string of the molecule is COc1ccc(F)c(F)c1C(=O)c1cnc(NC2CCN(S(N)(=O)=O)CC2)nc1N. The number of nitrogens with zero attached hydrogens (tertiary/aromatic N) is 3. The molecule has 1 aliphatic heterocycles. The summed E-state index contributed by atoms with van der Waals surface area (Å²) in [6.45, 7) is 0.475. The maximum Gasteiger partial charge on any atom is 0.276 e. The minimum absolute atomic E-state index is 0.116. The number of hydrogen-bond acceptors (Lipinski definition) is 8. The Morgan fingerprint density at radius 3 is 2.53 bits per heavy atom. The lowest BCUT2D eigenvalue weighted by Crippen LogP contribution is -2.45. The average molecular weight is 442 g/mol. The highest BCUT2D eigenvalue weighted by atomic mass is 32.2.